The second kappa shape index (κ2) is 6.83. The molecule has 0 aliphatic heterocycles. The van der Waals surface area contributed by atoms with Gasteiger partial charge in [-0.05, 0) is 39.2 Å². The molecule has 0 aromatic rings. The summed E-state index contributed by atoms with van der Waals surface area (Å²) in [5.74, 6) is 0.909. The van der Waals surface area contributed by atoms with Gasteiger partial charge in [0.15, 0.2) is 0 Å². The van der Waals surface area contributed by atoms with Crippen LogP contribution >= 0.6 is 0 Å². The molecule has 0 atom stereocenters. The summed E-state index contributed by atoms with van der Waals surface area (Å²) in [5.41, 5.74) is 0. The Morgan fingerprint density at radius 1 is 1.27 bits per heavy atom. The van der Waals surface area contributed by atoms with Crippen LogP contribution in [0.5, 0.6) is 0 Å². The van der Waals surface area contributed by atoms with Gasteiger partial charge in [-0.1, -0.05) is 19.3 Å². The van der Waals surface area contributed by atoms with Crippen molar-refractivity contribution in [2.45, 2.75) is 52.0 Å². The van der Waals surface area contributed by atoms with E-state index in [1.165, 1.54) is 32.1 Å². The molecular weight excluding hydrogens is 188 g/mol. The molecule has 15 heavy (non-hydrogen) atoms. The van der Waals surface area contributed by atoms with E-state index in [1.807, 2.05) is 13.8 Å². The number of carbonyl (C=O) groups excluding carboxylic acids is 1. The van der Waals surface area contributed by atoms with Crippen molar-refractivity contribution in [1.29, 1.82) is 0 Å². The summed E-state index contributed by atoms with van der Waals surface area (Å²) in [6.07, 6.45) is 6.79. The Bertz CT molecular complexity index is 186. The van der Waals surface area contributed by atoms with E-state index in [9.17, 15) is 4.79 Å². The zero-order valence-corrected chi connectivity index (χ0v) is 10.0. The van der Waals surface area contributed by atoms with Crippen LogP contribution in [0.15, 0.2) is 0 Å². The Morgan fingerprint density at radius 2 is 1.93 bits per heavy atom. The SMILES string of the molecule is CC(C)NC(=O)CNCC1CCCCC1. The van der Waals surface area contributed by atoms with Crippen molar-refractivity contribution < 1.29 is 4.79 Å². The van der Waals surface area contributed by atoms with Crippen LogP contribution in [0.3, 0.4) is 0 Å². The Kier molecular flexibility index (Phi) is 5.69. The van der Waals surface area contributed by atoms with Crippen LogP contribution in [0, 0.1) is 5.92 Å². The van der Waals surface area contributed by atoms with Crippen molar-refractivity contribution in [3.05, 3.63) is 0 Å². The molecule has 0 unspecified atom stereocenters. The lowest BCUT2D eigenvalue weighted by atomic mass is 9.89. The molecule has 0 spiro atoms. The van der Waals surface area contributed by atoms with Crippen molar-refractivity contribution in [3.8, 4) is 0 Å². The fourth-order valence-corrected chi connectivity index (χ4v) is 2.15. The summed E-state index contributed by atoms with van der Waals surface area (Å²) in [6.45, 7) is 5.44. The predicted octanol–water partition coefficient (Wildman–Crippen LogP) is 1.68. The Balaban J connectivity index is 2.02. The van der Waals surface area contributed by atoms with Gasteiger partial charge in [-0.15, -0.1) is 0 Å². The first-order valence-electron chi connectivity index (χ1n) is 6.18. The molecule has 1 fully saturated rings. The minimum absolute atomic E-state index is 0.112. The number of amides is 1. The first kappa shape index (κ1) is 12.5. The summed E-state index contributed by atoms with van der Waals surface area (Å²) in [6, 6.07) is 0.244. The monoisotopic (exact) mass is 212 g/mol. The van der Waals surface area contributed by atoms with E-state index in [-0.39, 0.29) is 11.9 Å². The topological polar surface area (TPSA) is 41.1 Å². The lowest BCUT2D eigenvalue weighted by Gasteiger charge is -2.21. The third-order valence-electron chi connectivity index (χ3n) is 2.89. The van der Waals surface area contributed by atoms with E-state index >= 15 is 0 Å². The highest BCUT2D eigenvalue weighted by Crippen LogP contribution is 2.22. The van der Waals surface area contributed by atoms with Crippen molar-refractivity contribution >= 4 is 5.91 Å². The zero-order chi connectivity index (χ0) is 11.1. The minimum Gasteiger partial charge on any atom is -0.353 e. The largest absolute Gasteiger partial charge is 0.353 e. The Labute approximate surface area is 93.0 Å². The molecule has 3 nitrogen and oxygen atoms in total. The normalized spacial score (nSPS) is 18.1. The van der Waals surface area contributed by atoms with Gasteiger partial charge in [-0.2, -0.15) is 0 Å². The average Bonchev–Trinajstić information content (AvgIpc) is 2.18. The van der Waals surface area contributed by atoms with Crippen LogP contribution < -0.4 is 10.6 Å². The molecule has 3 heteroatoms. The fraction of sp³-hybridized carbons (Fsp3) is 0.917. The van der Waals surface area contributed by atoms with Crippen LogP contribution in [0.4, 0.5) is 0 Å². The van der Waals surface area contributed by atoms with Gasteiger partial charge in [-0.3, -0.25) is 4.79 Å². The number of rotatable bonds is 5. The van der Waals surface area contributed by atoms with E-state index < -0.39 is 0 Å². The van der Waals surface area contributed by atoms with Crippen molar-refractivity contribution in [1.82, 2.24) is 10.6 Å². The summed E-state index contributed by atoms with van der Waals surface area (Å²) >= 11 is 0. The molecule has 0 saturated heterocycles. The smallest absolute Gasteiger partial charge is 0.234 e. The van der Waals surface area contributed by atoms with Gasteiger partial charge in [0.25, 0.3) is 0 Å². The van der Waals surface area contributed by atoms with Crippen molar-refractivity contribution in [2.24, 2.45) is 5.92 Å². The number of carbonyl (C=O) groups is 1. The molecule has 0 aromatic heterocycles. The molecule has 0 radical (unpaired) electrons. The zero-order valence-electron chi connectivity index (χ0n) is 10.0. The van der Waals surface area contributed by atoms with E-state index in [0.717, 1.165) is 12.5 Å². The summed E-state index contributed by atoms with van der Waals surface area (Å²) < 4.78 is 0. The van der Waals surface area contributed by atoms with Gasteiger partial charge in [-0.25, -0.2) is 0 Å². The van der Waals surface area contributed by atoms with Crippen LogP contribution in [0.25, 0.3) is 0 Å². The van der Waals surface area contributed by atoms with Gasteiger partial charge in [0.1, 0.15) is 0 Å². The third kappa shape index (κ3) is 5.78. The Morgan fingerprint density at radius 3 is 2.53 bits per heavy atom. The first-order chi connectivity index (χ1) is 7.18. The average molecular weight is 212 g/mol. The molecule has 1 saturated carbocycles. The van der Waals surface area contributed by atoms with Gasteiger partial charge in [0.2, 0.25) is 5.91 Å². The predicted molar refractivity (Wildman–Crippen MR) is 62.7 cm³/mol. The Hall–Kier alpha value is -0.570. The van der Waals surface area contributed by atoms with E-state index in [1.54, 1.807) is 0 Å². The van der Waals surface area contributed by atoms with Crippen LogP contribution in [0.1, 0.15) is 46.0 Å². The molecule has 1 aliphatic carbocycles. The first-order valence-corrected chi connectivity index (χ1v) is 6.18. The maximum absolute atomic E-state index is 11.3. The fourth-order valence-electron chi connectivity index (χ4n) is 2.15. The molecular formula is C12H24N2O. The molecule has 2 N–H and O–H groups in total. The lowest BCUT2D eigenvalue weighted by Crippen LogP contribution is -2.39. The second-order valence-electron chi connectivity index (χ2n) is 4.86. The van der Waals surface area contributed by atoms with Crippen molar-refractivity contribution in [3.63, 3.8) is 0 Å². The summed E-state index contributed by atoms with van der Waals surface area (Å²) in [5, 5.41) is 6.13. The molecule has 0 aromatic carbocycles. The maximum Gasteiger partial charge on any atom is 0.234 e. The molecule has 88 valence electrons. The van der Waals surface area contributed by atoms with Crippen LogP contribution in [-0.2, 0) is 4.79 Å². The second-order valence-corrected chi connectivity index (χ2v) is 4.86. The standard InChI is InChI=1S/C12H24N2O/c1-10(2)14-12(15)9-13-8-11-6-4-3-5-7-11/h10-11,13H,3-9H2,1-2H3,(H,14,15). The molecule has 0 heterocycles. The highest BCUT2D eigenvalue weighted by Gasteiger charge is 2.13. The number of hydrogen-bond acceptors (Lipinski definition) is 2. The number of nitrogens with one attached hydrogen (secondary N) is 2. The van der Waals surface area contributed by atoms with Gasteiger partial charge < -0.3 is 10.6 Å². The highest BCUT2D eigenvalue weighted by atomic mass is 16.1. The summed E-state index contributed by atoms with van der Waals surface area (Å²) in [4.78, 5) is 11.3. The van der Waals surface area contributed by atoms with Crippen molar-refractivity contribution in [2.75, 3.05) is 13.1 Å². The van der Waals surface area contributed by atoms with E-state index in [4.69, 9.17) is 0 Å². The minimum atomic E-state index is 0.112. The summed E-state index contributed by atoms with van der Waals surface area (Å²) in [7, 11) is 0. The quantitative estimate of drug-likeness (QED) is 0.728. The molecule has 1 amide bonds. The lowest BCUT2D eigenvalue weighted by molar-refractivity contribution is -0.120. The van der Waals surface area contributed by atoms with E-state index in [2.05, 4.69) is 10.6 Å². The highest BCUT2D eigenvalue weighted by molar-refractivity contribution is 5.78. The number of hydrogen-bond donors (Lipinski definition) is 2. The van der Waals surface area contributed by atoms with Gasteiger partial charge >= 0.3 is 0 Å². The third-order valence-corrected chi connectivity index (χ3v) is 2.89. The molecule has 0 bridgehead atoms. The van der Waals surface area contributed by atoms with Crippen LogP contribution in [0.2, 0.25) is 0 Å². The van der Waals surface area contributed by atoms with E-state index in [0.29, 0.717) is 6.54 Å². The van der Waals surface area contributed by atoms with Crippen LogP contribution in [-0.4, -0.2) is 25.0 Å². The molecule has 1 rings (SSSR count). The maximum atomic E-state index is 11.3. The van der Waals surface area contributed by atoms with Gasteiger partial charge in [0.05, 0.1) is 6.54 Å². The molecule has 1 aliphatic rings. The van der Waals surface area contributed by atoms with Gasteiger partial charge in [0, 0.05) is 6.04 Å².